The molecule has 0 heterocycles. The molecule has 20 heavy (non-hydrogen) atoms. The van der Waals surface area contributed by atoms with Gasteiger partial charge in [-0.1, -0.05) is 0 Å². The third kappa shape index (κ3) is 3.53. The number of hydrogen-bond acceptors (Lipinski definition) is 3. The zero-order valence-corrected chi connectivity index (χ0v) is 13.0. The van der Waals surface area contributed by atoms with Crippen LogP contribution in [0.15, 0.2) is 21.5 Å². The van der Waals surface area contributed by atoms with Crippen molar-refractivity contribution in [2.75, 3.05) is 13.6 Å². The molecule has 0 spiro atoms. The predicted molar refractivity (Wildman–Crippen MR) is 71.7 cm³/mol. The summed E-state index contributed by atoms with van der Waals surface area (Å²) in [6.07, 6.45) is -2.82. The molecule has 1 rings (SSSR count). The molecule has 0 saturated heterocycles. The van der Waals surface area contributed by atoms with Crippen molar-refractivity contribution < 1.29 is 27.1 Å². The van der Waals surface area contributed by atoms with Crippen LogP contribution in [0.3, 0.4) is 0 Å². The number of aromatic carboxylic acids is 1. The standard InChI is InChI=1S/C11H12BrF2NO4S/c1-6-3-7(11(16)17)4-8(10(6)12)20(18,19)15(2)5-9(13)14/h3-4,9H,5H2,1-2H3,(H,16,17). The van der Waals surface area contributed by atoms with Crippen molar-refractivity contribution >= 4 is 31.9 Å². The Morgan fingerprint density at radius 1 is 1.45 bits per heavy atom. The molecule has 0 aliphatic rings. The van der Waals surface area contributed by atoms with Gasteiger partial charge in [0.05, 0.1) is 17.0 Å². The van der Waals surface area contributed by atoms with E-state index in [1.165, 1.54) is 13.0 Å². The second kappa shape index (κ2) is 6.15. The molecule has 0 fully saturated rings. The van der Waals surface area contributed by atoms with E-state index in [2.05, 4.69) is 15.9 Å². The van der Waals surface area contributed by atoms with E-state index >= 15 is 0 Å². The Kier molecular flexibility index (Phi) is 5.22. The third-order valence-electron chi connectivity index (χ3n) is 2.55. The predicted octanol–water partition coefficient (Wildman–Crippen LogP) is 2.34. The number of carboxylic acids is 1. The van der Waals surface area contributed by atoms with Gasteiger partial charge in [-0.05, 0) is 40.5 Å². The summed E-state index contributed by atoms with van der Waals surface area (Å²) < 4.78 is 49.6. The van der Waals surface area contributed by atoms with Crippen LogP contribution in [0.5, 0.6) is 0 Å². The lowest BCUT2D eigenvalue weighted by Gasteiger charge is -2.18. The minimum atomic E-state index is -4.20. The second-order valence-electron chi connectivity index (χ2n) is 4.09. The monoisotopic (exact) mass is 371 g/mol. The summed E-state index contributed by atoms with van der Waals surface area (Å²) in [5, 5.41) is 8.93. The van der Waals surface area contributed by atoms with E-state index in [0.29, 0.717) is 9.87 Å². The largest absolute Gasteiger partial charge is 0.478 e. The summed E-state index contributed by atoms with van der Waals surface area (Å²) in [5.41, 5.74) is 0.156. The molecule has 1 aromatic carbocycles. The lowest BCUT2D eigenvalue weighted by atomic mass is 10.1. The summed E-state index contributed by atoms with van der Waals surface area (Å²) >= 11 is 3.05. The Morgan fingerprint density at radius 2 is 2.00 bits per heavy atom. The Bertz CT molecular complexity index is 634. The number of sulfonamides is 1. The van der Waals surface area contributed by atoms with Crippen molar-refractivity contribution in [1.29, 1.82) is 0 Å². The summed E-state index contributed by atoms with van der Waals surface area (Å²) in [4.78, 5) is 10.6. The number of carbonyl (C=O) groups is 1. The van der Waals surface area contributed by atoms with Crippen molar-refractivity contribution in [1.82, 2.24) is 4.31 Å². The van der Waals surface area contributed by atoms with E-state index in [4.69, 9.17) is 5.11 Å². The van der Waals surface area contributed by atoms with E-state index < -0.39 is 29.0 Å². The van der Waals surface area contributed by atoms with Crippen LogP contribution in [-0.4, -0.2) is 43.8 Å². The van der Waals surface area contributed by atoms with E-state index in [1.54, 1.807) is 0 Å². The molecule has 0 bridgehead atoms. The van der Waals surface area contributed by atoms with Crippen LogP contribution in [0.1, 0.15) is 15.9 Å². The van der Waals surface area contributed by atoms with Crippen molar-refractivity contribution in [3.63, 3.8) is 0 Å². The zero-order valence-electron chi connectivity index (χ0n) is 10.6. The molecule has 0 radical (unpaired) electrons. The Hall–Kier alpha value is -1.06. The highest BCUT2D eigenvalue weighted by Crippen LogP contribution is 2.29. The fraction of sp³-hybridized carbons (Fsp3) is 0.364. The van der Waals surface area contributed by atoms with Crippen LogP contribution in [0.25, 0.3) is 0 Å². The summed E-state index contributed by atoms with van der Waals surface area (Å²) in [5.74, 6) is -1.30. The average molecular weight is 372 g/mol. The molecule has 0 unspecified atom stereocenters. The highest BCUT2D eigenvalue weighted by atomic mass is 79.9. The average Bonchev–Trinajstić information content (AvgIpc) is 2.30. The number of hydrogen-bond donors (Lipinski definition) is 1. The molecule has 0 aliphatic heterocycles. The van der Waals surface area contributed by atoms with Gasteiger partial charge in [0.15, 0.2) is 0 Å². The highest BCUT2D eigenvalue weighted by molar-refractivity contribution is 9.10. The number of aryl methyl sites for hydroxylation is 1. The van der Waals surface area contributed by atoms with Crippen LogP contribution < -0.4 is 0 Å². The number of nitrogens with zero attached hydrogens (tertiary/aromatic N) is 1. The van der Waals surface area contributed by atoms with Crippen LogP contribution in [0.2, 0.25) is 0 Å². The van der Waals surface area contributed by atoms with Crippen LogP contribution >= 0.6 is 15.9 Å². The molecule has 0 amide bonds. The SMILES string of the molecule is Cc1cc(C(=O)O)cc(S(=O)(=O)N(C)CC(F)F)c1Br. The number of benzene rings is 1. The van der Waals surface area contributed by atoms with Crippen LogP contribution in [0, 0.1) is 6.92 Å². The Morgan fingerprint density at radius 3 is 2.45 bits per heavy atom. The minimum Gasteiger partial charge on any atom is -0.478 e. The molecule has 0 aliphatic carbocycles. The lowest BCUT2D eigenvalue weighted by Crippen LogP contribution is -2.31. The van der Waals surface area contributed by atoms with Gasteiger partial charge in [-0.15, -0.1) is 0 Å². The van der Waals surface area contributed by atoms with E-state index in [9.17, 15) is 22.0 Å². The van der Waals surface area contributed by atoms with Crippen molar-refractivity contribution in [3.05, 3.63) is 27.7 Å². The van der Waals surface area contributed by atoms with Gasteiger partial charge in [-0.25, -0.2) is 22.0 Å². The molecule has 0 atom stereocenters. The van der Waals surface area contributed by atoms with Gasteiger partial charge in [-0.2, -0.15) is 4.31 Å². The van der Waals surface area contributed by atoms with E-state index in [-0.39, 0.29) is 14.9 Å². The van der Waals surface area contributed by atoms with Crippen LogP contribution in [-0.2, 0) is 10.0 Å². The molecular formula is C11H12BrF2NO4S. The third-order valence-corrected chi connectivity index (χ3v) is 5.71. The molecule has 0 saturated carbocycles. The maximum absolute atomic E-state index is 12.3. The number of halogens is 3. The quantitative estimate of drug-likeness (QED) is 0.861. The first-order chi connectivity index (χ1) is 9.07. The molecule has 9 heteroatoms. The van der Waals surface area contributed by atoms with Gasteiger partial charge >= 0.3 is 5.97 Å². The van der Waals surface area contributed by atoms with Crippen molar-refractivity contribution in [2.24, 2.45) is 0 Å². The van der Waals surface area contributed by atoms with Gasteiger partial charge in [0.25, 0.3) is 6.43 Å². The first-order valence-corrected chi connectivity index (χ1v) is 7.58. The van der Waals surface area contributed by atoms with Crippen molar-refractivity contribution in [3.8, 4) is 0 Å². The summed E-state index contributed by atoms with van der Waals surface area (Å²) in [6, 6.07) is 2.23. The fourth-order valence-electron chi connectivity index (χ4n) is 1.51. The van der Waals surface area contributed by atoms with Gasteiger partial charge < -0.3 is 5.11 Å². The molecular weight excluding hydrogens is 360 g/mol. The molecule has 1 aromatic rings. The van der Waals surface area contributed by atoms with Gasteiger partial charge in [0.1, 0.15) is 0 Å². The normalized spacial score (nSPS) is 12.2. The fourth-order valence-corrected chi connectivity index (χ4v) is 3.66. The summed E-state index contributed by atoms with van der Waals surface area (Å²) in [7, 11) is -3.19. The van der Waals surface area contributed by atoms with Gasteiger partial charge in [0, 0.05) is 11.5 Å². The van der Waals surface area contributed by atoms with Gasteiger partial charge in [0.2, 0.25) is 10.0 Å². The lowest BCUT2D eigenvalue weighted by molar-refractivity contribution is 0.0696. The highest BCUT2D eigenvalue weighted by Gasteiger charge is 2.27. The molecule has 1 N–H and O–H groups in total. The Balaban J connectivity index is 3.41. The number of alkyl halides is 2. The Labute approximate surface area is 123 Å². The minimum absolute atomic E-state index is 0.156. The van der Waals surface area contributed by atoms with Gasteiger partial charge in [-0.3, -0.25) is 0 Å². The number of rotatable bonds is 5. The van der Waals surface area contributed by atoms with E-state index in [1.807, 2.05) is 0 Å². The number of carboxylic acid groups (broad SMARTS) is 1. The molecule has 112 valence electrons. The molecule has 5 nitrogen and oxygen atoms in total. The van der Waals surface area contributed by atoms with Crippen LogP contribution in [0.4, 0.5) is 8.78 Å². The smallest absolute Gasteiger partial charge is 0.335 e. The maximum Gasteiger partial charge on any atom is 0.335 e. The maximum atomic E-state index is 12.3. The first kappa shape index (κ1) is 17.0. The topological polar surface area (TPSA) is 74.7 Å². The van der Waals surface area contributed by atoms with Crippen molar-refractivity contribution in [2.45, 2.75) is 18.2 Å². The van der Waals surface area contributed by atoms with E-state index in [0.717, 1.165) is 13.1 Å². The molecule has 0 aromatic heterocycles. The second-order valence-corrected chi connectivity index (χ2v) is 6.89. The summed E-state index contributed by atoms with van der Waals surface area (Å²) in [6.45, 7) is 0.549. The first-order valence-electron chi connectivity index (χ1n) is 5.35. The zero-order chi connectivity index (χ0) is 15.7.